The zero-order chi connectivity index (χ0) is 18.0. The van der Waals surface area contributed by atoms with Gasteiger partial charge in [-0.3, -0.25) is 14.0 Å². The Labute approximate surface area is 147 Å². The molecule has 3 N–H and O–H groups in total. The maximum atomic E-state index is 12.2. The number of thiazole rings is 1. The number of hydrogen-bond acceptors (Lipinski definition) is 6. The van der Waals surface area contributed by atoms with Gasteiger partial charge in [-0.05, 0) is 24.1 Å². The summed E-state index contributed by atoms with van der Waals surface area (Å²) in [6.07, 6.45) is 3.32. The zero-order valence-corrected chi connectivity index (χ0v) is 14.5. The summed E-state index contributed by atoms with van der Waals surface area (Å²) in [4.78, 5) is 29.0. The van der Waals surface area contributed by atoms with Crippen LogP contribution in [0.25, 0.3) is 4.96 Å². The molecule has 10 heteroatoms. The summed E-state index contributed by atoms with van der Waals surface area (Å²) in [6, 6.07) is 6.07. The number of amides is 1. The van der Waals surface area contributed by atoms with Gasteiger partial charge in [-0.25, -0.2) is 18.5 Å². The number of primary sulfonamides is 1. The number of aromatic nitrogens is 2. The average Bonchev–Trinajstić information content (AvgIpc) is 3.04. The van der Waals surface area contributed by atoms with Crippen molar-refractivity contribution in [2.75, 3.05) is 6.54 Å². The number of benzene rings is 1. The molecule has 0 saturated carbocycles. The molecule has 0 unspecified atom stereocenters. The van der Waals surface area contributed by atoms with Gasteiger partial charge in [0.2, 0.25) is 10.0 Å². The Hall–Kier alpha value is -2.56. The fourth-order valence-corrected chi connectivity index (χ4v) is 3.43. The van der Waals surface area contributed by atoms with Crippen LogP contribution in [0.3, 0.4) is 0 Å². The molecule has 25 heavy (non-hydrogen) atoms. The van der Waals surface area contributed by atoms with Crippen molar-refractivity contribution in [2.45, 2.75) is 11.3 Å². The highest BCUT2D eigenvalue weighted by Gasteiger charge is 2.13. The molecule has 8 nitrogen and oxygen atoms in total. The van der Waals surface area contributed by atoms with Crippen LogP contribution in [0.4, 0.5) is 0 Å². The van der Waals surface area contributed by atoms with Gasteiger partial charge in [-0.1, -0.05) is 12.1 Å². The van der Waals surface area contributed by atoms with Crippen molar-refractivity contribution in [3.05, 3.63) is 63.5 Å². The number of nitrogens with zero attached hydrogens (tertiary/aromatic N) is 2. The van der Waals surface area contributed by atoms with E-state index in [1.54, 1.807) is 23.7 Å². The number of nitrogens with two attached hydrogens (primary N) is 1. The van der Waals surface area contributed by atoms with E-state index in [2.05, 4.69) is 10.3 Å². The zero-order valence-electron chi connectivity index (χ0n) is 12.9. The molecule has 0 bridgehead atoms. The lowest BCUT2D eigenvalue weighted by molar-refractivity contribution is 0.0952. The molecule has 3 aromatic rings. The minimum atomic E-state index is -3.72. The van der Waals surface area contributed by atoms with Crippen LogP contribution in [-0.2, 0) is 16.4 Å². The first-order valence-electron chi connectivity index (χ1n) is 7.21. The monoisotopic (exact) mass is 378 g/mol. The Balaban J connectivity index is 1.64. The normalized spacial score (nSPS) is 11.6. The van der Waals surface area contributed by atoms with Crippen molar-refractivity contribution in [3.8, 4) is 0 Å². The molecule has 0 atom stereocenters. The van der Waals surface area contributed by atoms with E-state index in [9.17, 15) is 18.0 Å². The van der Waals surface area contributed by atoms with E-state index in [0.29, 0.717) is 17.9 Å². The highest BCUT2D eigenvalue weighted by molar-refractivity contribution is 7.89. The van der Waals surface area contributed by atoms with Crippen LogP contribution in [0.1, 0.15) is 15.9 Å². The minimum absolute atomic E-state index is 0.0273. The van der Waals surface area contributed by atoms with E-state index in [-0.39, 0.29) is 10.5 Å². The van der Waals surface area contributed by atoms with Gasteiger partial charge in [0.1, 0.15) is 5.56 Å². The van der Waals surface area contributed by atoms with Crippen molar-refractivity contribution in [3.63, 3.8) is 0 Å². The van der Waals surface area contributed by atoms with E-state index < -0.39 is 21.5 Å². The van der Waals surface area contributed by atoms with Crippen LogP contribution in [-0.4, -0.2) is 30.3 Å². The third-order valence-electron chi connectivity index (χ3n) is 3.54. The topological polar surface area (TPSA) is 124 Å². The first-order chi connectivity index (χ1) is 11.9. The van der Waals surface area contributed by atoms with Crippen LogP contribution in [0.5, 0.6) is 0 Å². The molecule has 2 aromatic heterocycles. The van der Waals surface area contributed by atoms with Gasteiger partial charge in [0.15, 0.2) is 4.96 Å². The third-order valence-corrected chi connectivity index (χ3v) is 5.24. The number of fused-ring (bicyclic) bond motifs is 1. The van der Waals surface area contributed by atoms with Gasteiger partial charge in [0.25, 0.3) is 11.5 Å². The summed E-state index contributed by atoms with van der Waals surface area (Å²) >= 11 is 1.31. The summed E-state index contributed by atoms with van der Waals surface area (Å²) in [7, 11) is -3.72. The van der Waals surface area contributed by atoms with E-state index in [1.807, 2.05) is 0 Å². The molecule has 3 rings (SSSR count). The highest BCUT2D eigenvalue weighted by Crippen LogP contribution is 2.09. The fourth-order valence-electron chi connectivity index (χ4n) is 2.24. The maximum Gasteiger partial charge on any atom is 0.271 e. The summed E-state index contributed by atoms with van der Waals surface area (Å²) in [5.41, 5.74) is 0.387. The average molecular weight is 378 g/mol. The molecule has 1 aromatic carbocycles. The second kappa shape index (κ2) is 6.75. The number of sulfonamides is 1. The van der Waals surface area contributed by atoms with Crippen molar-refractivity contribution < 1.29 is 13.2 Å². The van der Waals surface area contributed by atoms with Crippen molar-refractivity contribution in [2.24, 2.45) is 5.14 Å². The Bertz CT molecular complexity index is 1080. The maximum absolute atomic E-state index is 12.2. The van der Waals surface area contributed by atoms with Crippen LogP contribution in [0.2, 0.25) is 0 Å². The lowest BCUT2D eigenvalue weighted by Crippen LogP contribution is -2.32. The van der Waals surface area contributed by atoms with Gasteiger partial charge in [0, 0.05) is 24.3 Å². The lowest BCUT2D eigenvalue weighted by Gasteiger charge is -2.06. The summed E-state index contributed by atoms with van der Waals surface area (Å²) in [5.74, 6) is -0.501. The Morgan fingerprint density at radius 3 is 2.68 bits per heavy atom. The van der Waals surface area contributed by atoms with Crippen molar-refractivity contribution in [1.82, 2.24) is 14.7 Å². The molecular formula is C15H14N4O4S2. The van der Waals surface area contributed by atoms with E-state index in [0.717, 1.165) is 5.56 Å². The van der Waals surface area contributed by atoms with Gasteiger partial charge in [-0.2, -0.15) is 0 Å². The van der Waals surface area contributed by atoms with E-state index >= 15 is 0 Å². The highest BCUT2D eigenvalue weighted by atomic mass is 32.2. The lowest BCUT2D eigenvalue weighted by atomic mass is 10.1. The molecule has 0 aliphatic rings. The molecular weight excluding hydrogens is 364 g/mol. The fraction of sp³-hybridized carbons (Fsp3) is 0.133. The second-order valence-electron chi connectivity index (χ2n) is 5.23. The van der Waals surface area contributed by atoms with Gasteiger partial charge in [0.05, 0.1) is 4.90 Å². The van der Waals surface area contributed by atoms with Crippen molar-refractivity contribution in [1.29, 1.82) is 0 Å². The molecule has 0 aliphatic carbocycles. The number of hydrogen-bond donors (Lipinski definition) is 2. The minimum Gasteiger partial charge on any atom is -0.351 e. The summed E-state index contributed by atoms with van der Waals surface area (Å²) < 4.78 is 23.7. The van der Waals surface area contributed by atoms with Gasteiger partial charge in [-0.15, -0.1) is 11.3 Å². The van der Waals surface area contributed by atoms with Crippen molar-refractivity contribution >= 4 is 32.2 Å². The number of nitrogens with one attached hydrogen (secondary N) is 1. The number of rotatable bonds is 5. The van der Waals surface area contributed by atoms with Crippen LogP contribution < -0.4 is 16.0 Å². The number of carbonyl (C=O) groups is 1. The Morgan fingerprint density at radius 1 is 1.28 bits per heavy atom. The third kappa shape index (κ3) is 3.76. The standard InChI is InChI=1S/C15H14N4O4S2/c16-25(22,23)11-3-1-10(2-4-11)5-6-17-13(20)12-9-18-15-19(14(12)21)7-8-24-15/h1-4,7-9H,5-6H2,(H,17,20)(H2,16,22,23). The summed E-state index contributed by atoms with van der Waals surface area (Å²) in [6.45, 7) is 0.291. The first-order valence-corrected chi connectivity index (χ1v) is 9.63. The van der Waals surface area contributed by atoms with Gasteiger partial charge < -0.3 is 5.32 Å². The van der Waals surface area contributed by atoms with E-state index in [4.69, 9.17) is 5.14 Å². The molecule has 2 heterocycles. The molecule has 0 spiro atoms. The second-order valence-corrected chi connectivity index (χ2v) is 7.66. The van der Waals surface area contributed by atoms with Crippen LogP contribution in [0, 0.1) is 0 Å². The SMILES string of the molecule is NS(=O)(=O)c1ccc(CCNC(=O)c2cnc3sccn3c2=O)cc1. The van der Waals surface area contributed by atoms with Gasteiger partial charge >= 0.3 is 0 Å². The first kappa shape index (κ1) is 17.3. The molecule has 0 radical (unpaired) electrons. The molecule has 0 fully saturated rings. The van der Waals surface area contributed by atoms with Crippen LogP contribution in [0.15, 0.2) is 51.7 Å². The molecule has 0 aliphatic heterocycles. The predicted molar refractivity (Wildman–Crippen MR) is 93.2 cm³/mol. The number of carbonyl (C=O) groups excluding carboxylic acids is 1. The van der Waals surface area contributed by atoms with E-state index in [1.165, 1.54) is 34.1 Å². The van der Waals surface area contributed by atoms with Crippen LogP contribution >= 0.6 is 11.3 Å². The largest absolute Gasteiger partial charge is 0.351 e. The molecule has 1 amide bonds. The molecule has 0 saturated heterocycles. The predicted octanol–water partition coefficient (Wildman–Crippen LogP) is 0.376. The Morgan fingerprint density at radius 2 is 2.00 bits per heavy atom. The Kier molecular flexibility index (Phi) is 4.66. The quantitative estimate of drug-likeness (QED) is 0.664. The summed E-state index contributed by atoms with van der Waals surface area (Å²) in [5, 5.41) is 9.41. The molecule has 130 valence electrons. The smallest absolute Gasteiger partial charge is 0.271 e.